The summed E-state index contributed by atoms with van der Waals surface area (Å²) in [6.07, 6.45) is 3.15. The van der Waals surface area contributed by atoms with Crippen LogP contribution < -0.4 is 10.2 Å². The number of hydrogen-bond acceptors (Lipinski definition) is 6. The number of rotatable bonds is 6. The van der Waals surface area contributed by atoms with E-state index in [1.54, 1.807) is 48.5 Å². The van der Waals surface area contributed by atoms with E-state index in [4.69, 9.17) is 9.52 Å². The summed E-state index contributed by atoms with van der Waals surface area (Å²) in [5.74, 6) is 0.675. The van der Waals surface area contributed by atoms with Gasteiger partial charge in [0.25, 0.3) is 11.6 Å². The SMILES string of the molecule is O=C(Nc1ccc(-c2ccc(CO)o2)cc1)c1ccc(N2CCCCC2)c([N+](=O)[O-])c1. The summed E-state index contributed by atoms with van der Waals surface area (Å²) >= 11 is 0. The average Bonchev–Trinajstić information content (AvgIpc) is 3.29. The highest BCUT2D eigenvalue weighted by Crippen LogP contribution is 2.31. The number of carbonyl (C=O) groups excluding carboxylic acids is 1. The lowest BCUT2D eigenvalue weighted by atomic mass is 10.1. The van der Waals surface area contributed by atoms with Gasteiger partial charge in [0.05, 0.1) is 4.92 Å². The summed E-state index contributed by atoms with van der Waals surface area (Å²) in [5, 5.41) is 23.5. The van der Waals surface area contributed by atoms with E-state index >= 15 is 0 Å². The molecular formula is C23H23N3O5. The zero-order valence-corrected chi connectivity index (χ0v) is 16.9. The Labute approximate surface area is 179 Å². The Balaban J connectivity index is 1.50. The third-order valence-corrected chi connectivity index (χ3v) is 5.38. The molecule has 1 amide bonds. The predicted molar refractivity (Wildman–Crippen MR) is 117 cm³/mol. The Morgan fingerprint density at radius 3 is 2.45 bits per heavy atom. The molecule has 1 aromatic heterocycles. The van der Waals surface area contributed by atoms with Crippen molar-refractivity contribution in [1.29, 1.82) is 0 Å². The van der Waals surface area contributed by atoms with Crippen LogP contribution in [0.5, 0.6) is 0 Å². The van der Waals surface area contributed by atoms with Crippen LogP contribution in [0.15, 0.2) is 59.0 Å². The van der Waals surface area contributed by atoms with Crippen LogP contribution in [-0.2, 0) is 6.61 Å². The fourth-order valence-electron chi connectivity index (χ4n) is 3.75. The van der Waals surface area contributed by atoms with Gasteiger partial charge >= 0.3 is 0 Å². The van der Waals surface area contributed by atoms with Gasteiger partial charge in [-0.3, -0.25) is 14.9 Å². The molecule has 0 aliphatic carbocycles. The van der Waals surface area contributed by atoms with E-state index in [1.165, 1.54) is 6.07 Å². The van der Waals surface area contributed by atoms with Gasteiger partial charge in [0.2, 0.25) is 0 Å². The summed E-state index contributed by atoms with van der Waals surface area (Å²) in [5.41, 5.74) is 2.11. The van der Waals surface area contributed by atoms with E-state index in [9.17, 15) is 14.9 Å². The number of anilines is 2. The van der Waals surface area contributed by atoms with Crippen molar-refractivity contribution in [2.75, 3.05) is 23.3 Å². The maximum absolute atomic E-state index is 12.7. The van der Waals surface area contributed by atoms with Gasteiger partial charge in [0.15, 0.2) is 0 Å². The van der Waals surface area contributed by atoms with E-state index < -0.39 is 10.8 Å². The maximum atomic E-state index is 12.7. The lowest BCUT2D eigenvalue weighted by Gasteiger charge is -2.28. The van der Waals surface area contributed by atoms with Crippen molar-refractivity contribution in [1.82, 2.24) is 0 Å². The molecule has 2 aromatic carbocycles. The molecule has 31 heavy (non-hydrogen) atoms. The number of amides is 1. The number of aliphatic hydroxyl groups excluding tert-OH is 1. The highest BCUT2D eigenvalue weighted by molar-refractivity contribution is 6.05. The van der Waals surface area contributed by atoms with Crippen molar-refractivity contribution in [2.24, 2.45) is 0 Å². The second-order valence-corrected chi connectivity index (χ2v) is 7.46. The van der Waals surface area contributed by atoms with Crippen molar-refractivity contribution < 1.29 is 19.2 Å². The number of aliphatic hydroxyl groups is 1. The molecule has 8 heteroatoms. The van der Waals surface area contributed by atoms with Crippen molar-refractivity contribution >= 4 is 23.0 Å². The number of hydrogen-bond donors (Lipinski definition) is 2. The number of nitrogens with zero attached hydrogens (tertiary/aromatic N) is 2. The largest absolute Gasteiger partial charge is 0.459 e. The quantitative estimate of drug-likeness (QED) is 0.445. The molecule has 160 valence electrons. The predicted octanol–water partition coefficient (Wildman–Crippen LogP) is 4.59. The molecule has 1 aliphatic rings. The Morgan fingerprint density at radius 1 is 1.06 bits per heavy atom. The van der Waals surface area contributed by atoms with Crippen LogP contribution in [0, 0.1) is 10.1 Å². The molecule has 0 unspecified atom stereocenters. The third kappa shape index (κ3) is 4.59. The third-order valence-electron chi connectivity index (χ3n) is 5.38. The first-order valence-electron chi connectivity index (χ1n) is 10.2. The van der Waals surface area contributed by atoms with Gasteiger partial charge in [0, 0.05) is 36.0 Å². The minimum absolute atomic E-state index is 0.0533. The number of benzene rings is 2. The standard InChI is InChI=1S/C23H23N3O5/c27-15-19-9-11-22(31-19)16-4-7-18(8-5-16)24-23(28)17-6-10-20(21(14-17)26(29)30)25-12-2-1-3-13-25/h4-11,14,27H,1-3,12-13,15H2,(H,24,28). The van der Waals surface area contributed by atoms with Crippen LogP contribution in [-0.4, -0.2) is 29.0 Å². The van der Waals surface area contributed by atoms with E-state index in [0.717, 1.165) is 37.9 Å². The first kappa shape index (κ1) is 20.6. The first-order valence-corrected chi connectivity index (χ1v) is 10.2. The van der Waals surface area contributed by atoms with Crippen molar-refractivity contribution in [3.8, 4) is 11.3 Å². The summed E-state index contributed by atoms with van der Waals surface area (Å²) in [4.78, 5) is 25.9. The Kier molecular flexibility index (Phi) is 5.99. The molecular weight excluding hydrogens is 398 g/mol. The van der Waals surface area contributed by atoms with Crippen LogP contribution in [0.3, 0.4) is 0 Å². The minimum atomic E-state index is -0.431. The van der Waals surface area contributed by atoms with Gasteiger partial charge in [-0.2, -0.15) is 0 Å². The normalized spacial score (nSPS) is 13.8. The van der Waals surface area contributed by atoms with Crippen LogP contribution >= 0.6 is 0 Å². The molecule has 0 radical (unpaired) electrons. The second kappa shape index (κ2) is 9.01. The lowest BCUT2D eigenvalue weighted by Crippen LogP contribution is -2.30. The summed E-state index contributed by atoms with van der Waals surface area (Å²) < 4.78 is 5.50. The molecule has 3 aromatic rings. The molecule has 0 atom stereocenters. The Morgan fingerprint density at radius 2 is 1.81 bits per heavy atom. The van der Waals surface area contributed by atoms with Crippen LogP contribution in [0.1, 0.15) is 35.4 Å². The molecule has 1 fully saturated rings. The number of nitro benzene ring substituents is 1. The fourth-order valence-corrected chi connectivity index (χ4v) is 3.75. The Hall–Kier alpha value is -3.65. The van der Waals surface area contributed by atoms with Gasteiger partial charge in [-0.15, -0.1) is 0 Å². The second-order valence-electron chi connectivity index (χ2n) is 7.46. The monoisotopic (exact) mass is 421 g/mol. The highest BCUT2D eigenvalue weighted by Gasteiger charge is 2.23. The van der Waals surface area contributed by atoms with Crippen molar-refractivity contribution in [2.45, 2.75) is 25.9 Å². The number of piperidine rings is 1. The molecule has 0 spiro atoms. The van der Waals surface area contributed by atoms with Gasteiger partial charge in [-0.25, -0.2) is 0 Å². The van der Waals surface area contributed by atoms with Crippen LogP contribution in [0.2, 0.25) is 0 Å². The molecule has 8 nitrogen and oxygen atoms in total. The molecule has 0 saturated carbocycles. The summed E-state index contributed by atoms with van der Waals surface area (Å²) in [6.45, 7) is 1.40. The topological polar surface area (TPSA) is 109 Å². The smallest absolute Gasteiger partial charge is 0.293 e. The molecule has 1 aliphatic heterocycles. The first-order chi connectivity index (χ1) is 15.0. The van der Waals surface area contributed by atoms with Gasteiger partial charge in [-0.1, -0.05) is 0 Å². The molecule has 2 N–H and O–H groups in total. The fraction of sp³-hybridized carbons (Fsp3) is 0.261. The number of furan rings is 1. The number of nitrogens with one attached hydrogen (secondary N) is 1. The van der Waals surface area contributed by atoms with Gasteiger partial charge in [0.1, 0.15) is 23.8 Å². The average molecular weight is 421 g/mol. The molecule has 2 heterocycles. The van der Waals surface area contributed by atoms with Gasteiger partial charge < -0.3 is 19.7 Å². The van der Waals surface area contributed by atoms with Gasteiger partial charge in [-0.05, 0) is 67.8 Å². The molecule has 1 saturated heterocycles. The van der Waals surface area contributed by atoms with E-state index in [2.05, 4.69) is 5.32 Å². The van der Waals surface area contributed by atoms with Crippen molar-refractivity contribution in [3.63, 3.8) is 0 Å². The zero-order valence-electron chi connectivity index (χ0n) is 16.9. The zero-order chi connectivity index (χ0) is 21.8. The highest BCUT2D eigenvalue weighted by atomic mass is 16.6. The van der Waals surface area contributed by atoms with Crippen LogP contribution in [0.25, 0.3) is 11.3 Å². The van der Waals surface area contributed by atoms with Crippen LogP contribution in [0.4, 0.5) is 17.1 Å². The summed E-state index contributed by atoms with van der Waals surface area (Å²) in [7, 11) is 0. The number of nitro groups is 1. The lowest BCUT2D eigenvalue weighted by molar-refractivity contribution is -0.384. The van der Waals surface area contributed by atoms with E-state index in [-0.39, 0.29) is 17.9 Å². The van der Waals surface area contributed by atoms with E-state index in [0.29, 0.717) is 22.9 Å². The van der Waals surface area contributed by atoms with Crippen molar-refractivity contribution in [3.05, 3.63) is 76.0 Å². The Bertz CT molecular complexity index is 1080. The summed E-state index contributed by atoms with van der Waals surface area (Å²) in [6, 6.07) is 15.1. The maximum Gasteiger partial charge on any atom is 0.293 e. The van der Waals surface area contributed by atoms with E-state index in [1.807, 2.05) is 4.90 Å². The molecule has 4 rings (SSSR count). The molecule has 0 bridgehead atoms. The number of carbonyl (C=O) groups is 1. The minimum Gasteiger partial charge on any atom is -0.459 e.